The first-order valence-electron chi connectivity index (χ1n) is 7.67. The molecule has 3 rings (SSSR count). The summed E-state index contributed by atoms with van der Waals surface area (Å²) in [5.74, 6) is 3.48. The van der Waals surface area contributed by atoms with Crippen molar-refractivity contribution in [1.29, 1.82) is 0 Å². The number of rotatable bonds is 1. The maximum atomic E-state index is 5.65. The average Bonchev–Trinajstić information content (AvgIpc) is 2.89. The summed E-state index contributed by atoms with van der Waals surface area (Å²) in [5.41, 5.74) is 0. The molecule has 3 fully saturated rings. The van der Waals surface area contributed by atoms with Crippen LogP contribution < -0.4 is 5.32 Å². The fourth-order valence-electron chi connectivity index (χ4n) is 4.50. The second-order valence-corrected chi connectivity index (χ2v) is 7.47. The van der Waals surface area contributed by atoms with Crippen LogP contribution in [-0.2, 0) is 0 Å². The Hall–Kier alpha value is -0.310. The van der Waals surface area contributed by atoms with Gasteiger partial charge in [-0.3, -0.25) is 0 Å². The molecular weight excluding hydrogens is 240 g/mol. The third-order valence-corrected chi connectivity index (χ3v) is 5.58. The Morgan fingerprint density at radius 3 is 2.33 bits per heavy atom. The van der Waals surface area contributed by atoms with Crippen molar-refractivity contribution in [1.82, 2.24) is 10.2 Å². The molecule has 3 heteroatoms. The molecule has 2 bridgehead atoms. The van der Waals surface area contributed by atoms with Crippen molar-refractivity contribution in [3.63, 3.8) is 0 Å². The van der Waals surface area contributed by atoms with Gasteiger partial charge in [0.05, 0.1) is 0 Å². The van der Waals surface area contributed by atoms with Crippen molar-refractivity contribution >= 4 is 17.3 Å². The summed E-state index contributed by atoms with van der Waals surface area (Å²) in [6.07, 6.45) is 7.06. The molecule has 2 nitrogen and oxygen atoms in total. The lowest BCUT2D eigenvalue weighted by molar-refractivity contribution is 0.208. The first-order valence-corrected chi connectivity index (χ1v) is 8.08. The minimum Gasteiger partial charge on any atom is -0.360 e. The van der Waals surface area contributed by atoms with Crippen LogP contribution in [0.2, 0.25) is 0 Å². The molecule has 18 heavy (non-hydrogen) atoms. The van der Waals surface area contributed by atoms with Crippen LogP contribution in [-0.4, -0.2) is 29.1 Å². The molecule has 2 saturated carbocycles. The number of nitrogens with one attached hydrogen (secondary N) is 1. The first-order chi connectivity index (χ1) is 8.61. The summed E-state index contributed by atoms with van der Waals surface area (Å²) < 4.78 is 0. The third-order valence-electron chi connectivity index (χ3n) is 5.20. The summed E-state index contributed by atoms with van der Waals surface area (Å²) >= 11 is 5.65. The lowest BCUT2D eigenvalue weighted by atomic mass is 9.92. The molecule has 1 N–H and O–H groups in total. The SMILES string of the molecule is CC1CC(C)CN(C(=S)NC2CC3CCC2C3)C1. The van der Waals surface area contributed by atoms with Crippen LogP contribution in [0.25, 0.3) is 0 Å². The van der Waals surface area contributed by atoms with E-state index < -0.39 is 0 Å². The van der Waals surface area contributed by atoms with Gasteiger partial charge in [0.1, 0.15) is 0 Å². The highest BCUT2D eigenvalue weighted by atomic mass is 32.1. The normalized spacial score (nSPS) is 43.2. The number of fused-ring (bicyclic) bond motifs is 2. The average molecular weight is 266 g/mol. The standard InChI is InChI=1S/C15H26N2S/c1-10-5-11(2)9-17(8-10)15(18)16-14-7-12-3-4-13(14)6-12/h10-14H,3-9H2,1-2H3,(H,16,18). The Morgan fingerprint density at radius 1 is 1.06 bits per heavy atom. The summed E-state index contributed by atoms with van der Waals surface area (Å²) in [7, 11) is 0. The lowest BCUT2D eigenvalue weighted by Crippen LogP contribution is -2.51. The van der Waals surface area contributed by atoms with Gasteiger partial charge in [0.2, 0.25) is 0 Å². The van der Waals surface area contributed by atoms with Crippen LogP contribution >= 0.6 is 12.2 Å². The highest BCUT2D eigenvalue weighted by molar-refractivity contribution is 7.80. The highest BCUT2D eigenvalue weighted by Crippen LogP contribution is 2.44. The van der Waals surface area contributed by atoms with Gasteiger partial charge in [-0.1, -0.05) is 20.3 Å². The van der Waals surface area contributed by atoms with E-state index in [4.69, 9.17) is 12.2 Å². The molecule has 0 aromatic carbocycles. The van der Waals surface area contributed by atoms with E-state index in [-0.39, 0.29) is 0 Å². The van der Waals surface area contributed by atoms with Gasteiger partial charge in [-0.05, 0) is 61.6 Å². The van der Waals surface area contributed by atoms with Gasteiger partial charge in [0.15, 0.2) is 5.11 Å². The van der Waals surface area contributed by atoms with Gasteiger partial charge in [-0.15, -0.1) is 0 Å². The van der Waals surface area contributed by atoms with Gasteiger partial charge < -0.3 is 10.2 Å². The molecule has 102 valence electrons. The zero-order valence-corrected chi connectivity index (χ0v) is 12.5. The van der Waals surface area contributed by atoms with Gasteiger partial charge >= 0.3 is 0 Å². The quantitative estimate of drug-likeness (QED) is 0.735. The molecule has 1 heterocycles. The van der Waals surface area contributed by atoms with Gasteiger partial charge in [0, 0.05) is 19.1 Å². The van der Waals surface area contributed by atoms with E-state index >= 15 is 0 Å². The van der Waals surface area contributed by atoms with Crippen molar-refractivity contribution in [2.24, 2.45) is 23.7 Å². The van der Waals surface area contributed by atoms with Gasteiger partial charge in [-0.2, -0.15) is 0 Å². The van der Waals surface area contributed by atoms with Gasteiger partial charge in [-0.25, -0.2) is 0 Å². The molecule has 2 aliphatic carbocycles. The van der Waals surface area contributed by atoms with E-state index in [1.54, 1.807) is 0 Å². The van der Waals surface area contributed by atoms with Crippen molar-refractivity contribution in [2.75, 3.05) is 13.1 Å². The predicted molar refractivity (Wildman–Crippen MR) is 79.5 cm³/mol. The smallest absolute Gasteiger partial charge is 0.169 e. The number of hydrogen-bond donors (Lipinski definition) is 1. The number of likely N-dealkylation sites (tertiary alicyclic amines) is 1. The molecule has 0 aromatic heterocycles. The maximum Gasteiger partial charge on any atom is 0.169 e. The molecule has 5 atom stereocenters. The van der Waals surface area contributed by atoms with Crippen molar-refractivity contribution in [2.45, 2.75) is 52.0 Å². The van der Waals surface area contributed by atoms with Crippen LogP contribution in [0.1, 0.15) is 46.0 Å². The minimum atomic E-state index is 0.684. The Bertz CT molecular complexity index is 320. The predicted octanol–water partition coefficient (Wildman–Crippen LogP) is 3.03. The fourth-order valence-corrected chi connectivity index (χ4v) is 4.80. The number of nitrogens with zero attached hydrogens (tertiary/aromatic N) is 1. The minimum absolute atomic E-state index is 0.684. The van der Waals surface area contributed by atoms with Crippen molar-refractivity contribution in [3.05, 3.63) is 0 Å². The number of hydrogen-bond acceptors (Lipinski definition) is 1. The Morgan fingerprint density at radius 2 is 1.78 bits per heavy atom. The molecule has 0 aromatic rings. The monoisotopic (exact) mass is 266 g/mol. The first kappa shape index (κ1) is 12.7. The zero-order valence-electron chi connectivity index (χ0n) is 11.7. The topological polar surface area (TPSA) is 15.3 Å². The number of thiocarbonyl (C=S) groups is 1. The van der Waals surface area contributed by atoms with Crippen LogP contribution in [0.15, 0.2) is 0 Å². The summed E-state index contributed by atoms with van der Waals surface area (Å²) in [5, 5.41) is 4.71. The molecular formula is C15H26N2S. The Labute approximate surface area is 116 Å². The van der Waals surface area contributed by atoms with Crippen molar-refractivity contribution < 1.29 is 0 Å². The zero-order chi connectivity index (χ0) is 12.7. The molecule has 3 aliphatic rings. The van der Waals surface area contributed by atoms with Crippen LogP contribution in [0.4, 0.5) is 0 Å². The van der Waals surface area contributed by atoms with E-state index in [1.165, 1.54) is 32.1 Å². The Balaban J connectivity index is 1.55. The molecule has 0 amide bonds. The third kappa shape index (κ3) is 2.52. The second-order valence-electron chi connectivity index (χ2n) is 7.08. The molecule has 5 unspecified atom stereocenters. The van der Waals surface area contributed by atoms with E-state index in [2.05, 4.69) is 24.1 Å². The number of piperidine rings is 1. The molecule has 1 saturated heterocycles. The molecule has 1 aliphatic heterocycles. The summed E-state index contributed by atoms with van der Waals surface area (Å²) in [4.78, 5) is 2.42. The fraction of sp³-hybridized carbons (Fsp3) is 0.933. The maximum absolute atomic E-state index is 5.65. The summed E-state index contributed by atoms with van der Waals surface area (Å²) in [6.45, 7) is 7.00. The molecule has 0 radical (unpaired) electrons. The largest absolute Gasteiger partial charge is 0.360 e. The second kappa shape index (κ2) is 4.99. The highest BCUT2D eigenvalue weighted by Gasteiger charge is 2.40. The van der Waals surface area contributed by atoms with E-state index in [1.807, 2.05) is 0 Å². The van der Waals surface area contributed by atoms with Crippen LogP contribution in [0.3, 0.4) is 0 Å². The van der Waals surface area contributed by atoms with Gasteiger partial charge in [0.25, 0.3) is 0 Å². The van der Waals surface area contributed by atoms with E-state index in [0.29, 0.717) is 6.04 Å². The van der Waals surface area contributed by atoms with Crippen LogP contribution in [0.5, 0.6) is 0 Å². The lowest BCUT2D eigenvalue weighted by Gasteiger charge is -2.38. The summed E-state index contributed by atoms with van der Waals surface area (Å²) in [6, 6.07) is 0.684. The van der Waals surface area contributed by atoms with E-state index in [0.717, 1.165) is 41.9 Å². The van der Waals surface area contributed by atoms with E-state index in [9.17, 15) is 0 Å². The van der Waals surface area contributed by atoms with Crippen LogP contribution in [0, 0.1) is 23.7 Å². The van der Waals surface area contributed by atoms with Crippen molar-refractivity contribution in [3.8, 4) is 0 Å². The Kier molecular flexibility index (Phi) is 3.52. The molecule has 0 spiro atoms.